The molecular weight excluding hydrogens is 405 g/mol. The predicted molar refractivity (Wildman–Crippen MR) is 116 cm³/mol. The highest BCUT2D eigenvalue weighted by molar-refractivity contribution is 7.17. The molecule has 0 aliphatic carbocycles. The van der Waals surface area contributed by atoms with Crippen molar-refractivity contribution in [2.75, 3.05) is 17.2 Å². The van der Waals surface area contributed by atoms with Crippen molar-refractivity contribution < 1.29 is 18.7 Å². The van der Waals surface area contributed by atoms with Crippen LogP contribution in [0, 0.1) is 12.7 Å². The predicted octanol–water partition coefficient (Wildman–Crippen LogP) is 5.54. The van der Waals surface area contributed by atoms with Gasteiger partial charge in [0.05, 0.1) is 17.9 Å². The molecular formula is C22H22FN3O3S. The number of hydrogen-bond acceptors (Lipinski definition) is 6. The number of rotatable bonds is 8. The fraction of sp³-hybridized carbons (Fsp3) is 0.227. The number of hydrogen-bond donors (Lipinski definition) is 2. The van der Waals surface area contributed by atoms with Gasteiger partial charge in [-0.15, -0.1) is 0 Å². The van der Waals surface area contributed by atoms with Crippen LogP contribution in [0.15, 0.2) is 48.5 Å². The SMILES string of the molecule is CCCCOC(=O)c1ccc(NC(=O)c2sc(Nc3ccc(F)cc3)nc2C)cc1. The van der Waals surface area contributed by atoms with Crippen molar-refractivity contribution in [3.63, 3.8) is 0 Å². The lowest BCUT2D eigenvalue weighted by atomic mass is 10.2. The lowest BCUT2D eigenvalue weighted by Gasteiger charge is -2.06. The number of benzene rings is 2. The van der Waals surface area contributed by atoms with Gasteiger partial charge in [0.2, 0.25) is 0 Å². The van der Waals surface area contributed by atoms with Crippen LogP contribution in [0.2, 0.25) is 0 Å². The molecule has 2 N–H and O–H groups in total. The molecule has 0 bridgehead atoms. The lowest BCUT2D eigenvalue weighted by molar-refractivity contribution is 0.0499. The Labute approximate surface area is 178 Å². The first-order valence-corrected chi connectivity index (χ1v) is 10.4. The number of nitrogens with zero attached hydrogens (tertiary/aromatic N) is 1. The normalized spacial score (nSPS) is 10.5. The second-order valence-electron chi connectivity index (χ2n) is 6.59. The Bertz CT molecular complexity index is 1020. The summed E-state index contributed by atoms with van der Waals surface area (Å²) in [6.07, 6.45) is 1.78. The molecule has 8 heteroatoms. The first-order valence-electron chi connectivity index (χ1n) is 9.55. The van der Waals surface area contributed by atoms with Gasteiger partial charge in [-0.1, -0.05) is 24.7 Å². The topological polar surface area (TPSA) is 80.3 Å². The minimum Gasteiger partial charge on any atom is -0.462 e. The number of nitrogens with one attached hydrogen (secondary N) is 2. The van der Waals surface area contributed by atoms with Gasteiger partial charge < -0.3 is 15.4 Å². The Kier molecular flexibility index (Phi) is 7.13. The first kappa shape index (κ1) is 21.4. The zero-order valence-corrected chi connectivity index (χ0v) is 17.5. The van der Waals surface area contributed by atoms with E-state index in [4.69, 9.17) is 4.74 Å². The number of aromatic nitrogens is 1. The number of thiazole rings is 1. The number of ether oxygens (including phenoxy) is 1. The second-order valence-corrected chi connectivity index (χ2v) is 7.59. The van der Waals surface area contributed by atoms with Crippen molar-refractivity contribution >= 4 is 39.7 Å². The van der Waals surface area contributed by atoms with Crippen LogP contribution in [-0.4, -0.2) is 23.5 Å². The smallest absolute Gasteiger partial charge is 0.338 e. The third kappa shape index (κ3) is 5.64. The Hall–Kier alpha value is -3.26. The minimum atomic E-state index is -0.379. The molecule has 0 unspecified atom stereocenters. The molecule has 2 aromatic carbocycles. The third-order valence-electron chi connectivity index (χ3n) is 4.21. The zero-order chi connectivity index (χ0) is 21.5. The Balaban J connectivity index is 1.62. The lowest BCUT2D eigenvalue weighted by Crippen LogP contribution is -2.12. The van der Waals surface area contributed by atoms with E-state index in [0.29, 0.717) is 39.2 Å². The maximum Gasteiger partial charge on any atom is 0.338 e. The van der Waals surface area contributed by atoms with E-state index in [2.05, 4.69) is 15.6 Å². The van der Waals surface area contributed by atoms with Gasteiger partial charge in [-0.25, -0.2) is 14.2 Å². The van der Waals surface area contributed by atoms with Crippen LogP contribution in [0.3, 0.4) is 0 Å². The number of amides is 1. The summed E-state index contributed by atoms with van der Waals surface area (Å²) >= 11 is 1.20. The standard InChI is InChI=1S/C22H22FN3O3S/c1-3-4-13-29-21(28)15-5-9-17(10-6-15)25-20(27)19-14(2)24-22(30-19)26-18-11-7-16(23)8-12-18/h5-12H,3-4,13H2,1-2H3,(H,24,26)(H,25,27). The van der Waals surface area contributed by atoms with Crippen molar-refractivity contribution in [3.8, 4) is 0 Å². The van der Waals surface area contributed by atoms with E-state index in [9.17, 15) is 14.0 Å². The molecule has 0 aliphatic rings. The van der Waals surface area contributed by atoms with Crippen LogP contribution in [0.5, 0.6) is 0 Å². The summed E-state index contributed by atoms with van der Waals surface area (Å²) in [5.74, 6) is -0.997. The number of anilines is 3. The van der Waals surface area contributed by atoms with Crippen LogP contribution in [0.4, 0.5) is 20.9 Å². The van der Waals surface area contributed by atoms with E-state index in [1.54, 1.807) is 43.3 Å². The van der Waals surface area contributed by atoms with Crippen LogP contribution < -0.4 is 10.6 Å². The van der Waals surface area contributed by atoms with Crippen LogP contribution >= 0.6 is 11.3 Å². The van der Waals surface area contributed by atoms with E-state index in [1.807, 2.05) is 6.92 Å². The van der Waals surface area contributed by atoms with Crippen LogP contribution in [-0.2, 0) is 4.74 Å². The fourth-order valence-corrected chi connectivity index (χ4v) is 3.47. The van der Waals surface area contributed by atoms with Crippen molar-refractivity contribution in [2.24, 2.45) is 0 Å². The van der Waals surface area contributed by atoms with E-state index in [1.165, 1.54) is 23.5 Å². The molecule has 1 amide bonds. The van der Waals surface area contributed by atoms with Crippen LogP contribution in [0.25, 0.3) is 0 Å². The molecule has 0 radical (unpaired) electrons. The summed E-state index contributed by atoms with van der Waals surface area (Å²) in [6.45, 7) is 4.17. The summed E-state index contributed by atoms with van der Waals surface area (Å²) < 4.78 is 18.2. The van der Waals surface area contributed by atoms with Crippen molar-refractivity contribution in [2.45, 2.75) is 26.7 Å². The van der Waals surface area contributed by atoms with Gasteiger partial charge in [0.15, 0.2) is 5.13 Å². The van der Waals surface area contributed by atoms with Crippen molar-refractivity contribution in [3.05, 3.63) is 70.5 Å². The maximum absolute atomic E-state index is 13.0. The average molecular weight is 428 g/mol. The largest absolute Gasteiger partial charge is 0.462 e. The molecule has 0 spiro atoms. The summed E-state index contributed by atoms with van der Waals surface area (Å²) in [5.41, 5.74) is 2.26. The number of carbonyl (C=O) groups is 2. The van der Waals surface area contributed by atoms with Crippen molar-refractivity contribution in [1.29, 1.82) is 0 Å². The quantitative estimate of drug-likeness (QED) is 0.364. The van der Waals surface area contributed by atoms with Gasteiger partial charge in [0.25, 0.3) is 5.91 Å². The number of carbonyl (C=O) groups excluding carboxylic acids is 2. The molecule has 0 aliphatic heterocycles. The Morgan fingerprint density at radius 1 is 1.07 bits per heavy atom. The first-order chi connectivity index (χ1) is 14.5. The molecule has 0 atom stereocenters. The highest BCUT2D eigenvalue weighted by atomic mass is 32.1. The van der Waals surface area contributed by atoms with E-state index >= 15 is 0 Å². The zero-order valence-electron chi connectivity index (χ0n) is 16.7. The van der Waals surface area contributed by atoms with Gasteiger partial charge in [0.1, 0.15) is 10.7 Å². The second kappa shape index (κ2) is 9.98. The summed E-state index contributed by atoms with van der Waals surface area (Å²) in [7, 11) is 0. The Morgan fingerprint density at radius 2 is 1.73 bits per heavy atom. The van der Waals surface area contributed by atoms with E-state index < -0.39 is 0 Å². The summed E-state index contributed by atoms with van der Waals surface area (Å²) in [4.78, 5) is 29.4. The highest BCUT2D eigenvalue weighted by Gasteiger charge is 2.16. The average Bonchev–Trinajstić information content (AvgIpc) is 3.10. The molecule has 3 rings (SSSR count). The number of aryl methyl sites for hydroxylation is 1. The molecule has 30 heavy (non-hydrogen) atoms. The molecule has 6 nitrogen and oxygen atoms in total. The van der Waals surface area contributed by atoms with Gasteiger partial charge >= 0.3 is 5.97 Å². The molecule has 1 heterocycles. The molecule has 3 aromatic rings. The molecule has 156 valence electrons. The summed E-state index contributed by atoms with van der Waals surface area (Å²) in [6, 6.07) is 12.4. The molecule has 1 aromatic heterocycles. The van der Waals surface area contributed by atoms with Gasteiger partial charge in [-0.2, -0.15) is 0 Å². The van der Waals surface area contributed by atoms with Crippen molar-refractivity contribution in [1.82, 2.24) is 4.98 Å². The summed E-state index contributed by atoms with van der Waals surface area (Å²) in [5, 5.41) is 6.40. The van der Waals surface area contributed by atoms with Gasteiger partial charge in [-0.3, -0.25) is 4.79 Å². The minimum absolute atomic E-state index is 0.296. The fourth-order valence-electron chi connectivity index (χ4n) is 2.59. The van der Waals surface area contributed by atoms with Crippen LogP contribution in [0.1, 0.15) is 45.5 Å². The van der Waals surface area contributed by atoms with E-state index in [0.717, 1.165) is 12.8 Å². The van der Waals surface area contributed by atoms with Gasteiger partial charge in [-0.05, 0) is 61.9 Å². The molecule has 0 fully saturated rings. The highest BCUT2D eigenvalue weighted by Crippen LogP contribution is 2.26. The molecule has 0 saturated carbocycles. The third-order valence-corrected chi connectivity index (χ3v) is 5.28. The number of unbranched alkanes of at least 4 members (excludes halogenated alkanes) is 1. The maximum atomic E-state index is 13.0. The Morgan fingerprint density at radius 3 is 2.40 bits per heavy atom. The number of esters is 1. The van der Waals surface area contributed by atoms with E-state index in [-0.39, 0.29) is 17.7 Å². The van der Waals surface area contributed by atoms with Gasteiger partial charge in [0, 0.05) is 11.4 Å². The molecule has 0 saturated heterocycles. The monoisotopic (exact) mass is 427 g/mol. The number of halogens is 1.